The van der Waals surface area contributed by atoms with Gasteiger partial charge in [0.2, 0.25) is 0 Å². The number of likely N-dealkylation sites (N-methyl/N-ethyl adjacent to an activating group) is 1. The highest BCUT2D eigenvalue weighted by atomic mass is 15.3. The highest BCUT2D eigenvalue weighted by molar-refractivity contribution is 5.45. The van der Waals surface area contributed by atoms with Gasteiger partial charge in [0.15, 0.2) is 0 Å². The van der Waals surface area contributed by atoms with Crippen LogP contribution in [0.3, 0.4) is 0 Å². The topological polar surface area (TPSA) is 31.4 Å². The predicted octanol–water partition coefficient (Wildman–Crippen LogP) is 2.67. The summed E-state index contributed by atoms with van der Waals surface area (Å²) < 4.78 is 0. The van der Waals surface area contributed by atoms with E-state index < -0.39 is 0 Å². The zero-order chi connectivity index (χ0) is 15.2. The first kappa shape index (κ1) is 16.2. The van der Waals surface area contributed by atoms with Crippen molar-refractivity contribution in [2.24, 2.45) is 0 Å². The second kappa shape index (κ2) is 7.76. The number of rotatable bonds is 6. The quantitative estimate of drug-likeness (QED) is 0.873. The number of nitrogens with zero attached hydrogens (tertiary/aromatic N) is 3. The lowest BCUT2D eigenvalue weighted by molar-refractivity contribution is 0.234. The Morgan fingerprint density at radius 1 is 1.33 bits per heavy atom. The summed E-state index contributed by atoms with van der Waals surface area (Å²) in [4.78, 5) is 9.57. The minimum Gasteiger partial charge on any atom is -0.367 e. The Hall–Kier alpha value is -1.13. The molecule has 0 spiro atoms. The smallest absolute Gasteiger partial charge is 0.0574 e. The Morgan fingerprint density at radius 2 is 2.14 bits per heavy atom. The summed E-state index contributed by atoms with van der Waals surface area (Å²) in [6, 6.07) is 5.41. The number of anilines is 1. The number of nitrogens with one attached hydrogen (secondary N) is 1. The van der Waals surface area contributed by atoms with Gasteiger partial charge in [-0.2, -0.15) is 0 Å². The minimum absolute atomic E-state index is 0.380. The SMILES string of the molecule is CCCNC(CC)c1ccc(N2CCN(C)C(C)C2)cn1. The van der Waals surface area contributed by atoms with E-state index in [-0.39, 0.29) is 0 Å². The van der Waals surface area contributed by atoms with E-state index in [1.54, 1.807) is 0 Å². The molecule has 1 fully saturated rings. The molecule has 4 nitrogen and oxygen atoms in total. The Bertz CT molecular complexity index is 417. The van der Waals surface area contributed by atoms with Gasteiger partial charge in [0.25, 0.3) is 0 Å². The second-order valence-electron chi connectivity index (χ2n) is 6.13. The van der Waals surface area contributed by atoms with Crippen LogP contribution in [-0.2, 0) is 0 Å². The van der Waals surface area contributed by atoms with Crippen molar-refractivity contribution in [3.05, 3.63) is 24.0 Å². The Labute approximate surface area is 129 Å². The molecule has 4 heteroatoms. The summed E-state index contributed by atoms with van der Waals surface area (Å²) >= 11 is 0. The fourth-order valence-corrected chi connectivity index (χ4v) is 2.85. The lowest BCUT2D eigenvalue weighted by atomic mass is 10.1. The van der Waals surface area contributed by atoms with Crippen molar-refractivity contribution in [3.8, 4) is 0 Å². The van der Waals surface area contributed by atoms with E-state index in [4.69, 9.17) is 4.98 Å². The van der Waals surface area contributed by atoms with Crippen molar-refractivity contribution in [3.63, 3.8) is 0 Å². The van der Waals surface area contributed by atoms with Gasteiger partial charge in [-0.15, -0.1) is 0 Å². The summed E-state index contributed by atoms with van der Waals surface area (Å²) in [6.45, 7) is 11.1. The molecule has 0 amide bonds. The van der Waals surface area contributed by atoms with Gasteiger partial charge in [0, 0.05) is 31.7 Å². The number of hydrogen-bond donors (Lipinski definition) is 1. The molecule has 1 aromatic rings. The van der Waals surface area contributed by atoms with Gasteiger partial charge >= 0.3 is 0 Å². The standard InChI is InChI=1S/C17H30N4/c1-5-9-18-16(6-2)17-8-7-15(12-19-17)21-11-10-20(4)14(3)13-21/h7-8,12,14,16,18H,5-6,9-11,13H2,1-4H3. The summed E-state index contributed by atoms with van der Waals surface area (Å²) in [5, 5.41) is 3.56. The van der Waals surface area contributed by atoms with Crippen LogP contribution < -0.4 is 10.2 Å². The molecule has 0 aliphatic carbocycles. The molecule has 0 radical (unpaired) electrons. The molecule has 0 bridgehead atoms. The lowest BCUT2D eigenvalue weighted by Gasteiger charge is -2.38. The van der Waals surface area contributed by atoms with Crippen molar-refractivity contribution < 1.29 is 0 Å². The summed E-state index contributed by atoms with van der Waals surface area (Å²) in [5.41, 5.74) is 2.42. The van der Waals surface area contributed by atoms with Gasteiger partial charge in [-0.3, -0.25) is 4.98 Å². The maximum Gasteiger partial charge on any atom is 0.0574 e. The van der Waals surface area contributed by atoms with Gasteiger partial charge < -0.3 is 15.1 Å². The third-order valence-corrected chi connectivity index (χ3v) is 4.50. The Kier molecular flexibility index (Phi) is 6.00. The molecule has 0 saturated carbocycles. The van der Waals surface area contributed by atoms with Gasteiger partial charge in [-0.25, -0.2) is 0 Å². The molecular formula is C17H30N4. The molecule has 1 saturated heterocycles. The van der Waals surface area contributed by atoms with Gasteiger partial charge in [0.1, 0.15) is 0 Å². The molecule has 2 rings (SSSR count). The van der Waals surface area contributed by atoms with Crippen LogP contribution in [0.2, 0.25) is 0 Å². The molecule has 1 N–H and O–H groups in total. The van der Waals surface area contributed by atoms with E-state index in [0.717, 1.165) is 44.7 Å². The number of pyridine rings is 1. The van der Waals surface area contributed by atoms with Crippen LogP contribution in [0.4, 0.5) is 5.69 Å². The highest BCUT2D eigenvalue weighted by Gasteiger charge is 2.21. The van der Waals surface area contributed by atoms with Crippen molar-refractivity contribution in [2.75, 3.05) is 38.1 Å². The monoisotopic (exact) mass is 290 g/mol. The third-order valence-electron chi connectivity index (χ3n) is 4.50. The van der Waals surface area contributed by atoms with Crippen LogP contribution in [-0.4, -0.2) is 49.2 Å². The zero-order valence-corrected chi connectivity index (χ0v) is 14.0. The molecule has 21 heavy (non-hydrogen) atoms. The van der Waals surface area contributed by atoms with Crippen molar-refractivity contribution in [1.29, 1.82) is 0 Å². The van der Waals surface area contributed by atoms with E-state index in [0.29, 0.717) is 12.1 Å². The molecule has 2 unspecified atom stereocenters. The van der Waals surface area contributed by atoms with Gasteiger partial charge in [-0.1, -0.05) is 13.8 Å². The van der Waals surface area contributed by atoms with Crippen LogP contribution in [0.25, 0.3) is 0 Å². The lowest BCUT2D eigenvalue weighted by Crippen LogP contribution is -2.50. The van der Waals surface area contributed by atoms with Crippen LogP contribution in [0, 0.1) is 0 Å². The van der Waals surface area contributed by atoms with Crippen molar-refractivity contribution >= 4 is 5.69 Å². The largest absolute Gasteiger partial charge is 0.367 e. The fourth-order valence-electron chi connectivity index (χ4n) is 2.85. The van der Waals surface area contributed by atoms with Crippen LogP contribution in [0.1, 0.15) is 45.3 Å². The van der Waals surface area contributed by atoms with E-state index in [1.807, 2.05) is 6.20 Å². The van der Waals surface area contributed by atoms with Crippen LogP contribution >= 0.6 is 0 Å². The maximum absolute atomic E-state index is 4.70. The second-order valence-corrected chi connectivity index (χ2v) is 6.13. The maximum atomic E-state index is 4.70. The van der Waals surface area contributed by atoms with E-state index in [2.05, 4.69) is 55.1 Å². The zero-order valence-electron chi connectivity index (χ0n) is 14.0. The molecule has 118 valence electrons. The van der Waals surface area contributed by atoms with E-state index in [1.165, 1.54) is 5.69 Å². The van der Waals surface area contributed by atoms with Crippen molar-refractivity contribution in [1.82, 2.24) is 15.2 Å². The first-order chi connectivity index (χ1) is 10.2. The predicted molar refractivity (Wildman–Crippen MR) is 89.9 cm³/mol. The number of aromatic nitrogens is 1. The van der Waals surface area contributed by atoms with Crippen molar-refractivity contribution in [2.45, 2.75) is 45.7 Å². The molecule has 1 aliphatic rings. The number of piperazine rings is 1. The highest BCUT2D eigenvalue weighted by Crippen LogP contribution is 2.21. The third kappa shape index (κ3) is 4.17. The van der Waals surface area contributed by atoms with Crippen LogP contribution in [0.5, 0.6) is 0 Å². The average molecular weight is 290 g/mol. The van der Waals surface area contributed by atoms with E-state index >= 15 is 0 Å². The normalized spacial score (nSPS) is 21.5. The first-order valence-electron chi connectivity index (χ1n) is 8.30. The minimum atomic E-state index is 0.380. The Balaban J connectivity index is 2.01. The van der Waals surface area contributed by atoms with Gasteiger partial charge in [-0.05, 0) is 45.5 Å². The fraction of sp³-hybridized carbons (Fsp3) is 0.706. The molecule has 1 aromatic heterocycles. The molecule has 2 atom stereocenters. The Morgan fingerprint density at radius 3 is 2.71 bits per heavy atom. The summed E-state index contributed by atoms with van der Waals surface area (Å²) in [5.74, 6) is 0. The van der Waals surface area contributed by atoms with E-state index in [9.17, 15) is 0 Å². The number of hydrogen-bond acceptors (Lipinski definition) is 4. The summed E-state index contributed by atoms with van der Waals surface area (Å²) in [7, 11) is 2.20. The summed E-state index contributed by atoms with van der Waals surface area (Å²) in [6.07, 6.45) is 4.29. The van der Waals surface area contributed by atoms with Crippen LogP contribution in [0.15, 0.2) is 18.3 Å². The van der Waals surface area contributed by atoms with Gasteiger partial charge in [0.05, 0.1) is 17.6 Å². The first-order valence-corrected chi connectivity index (χ1v) is 8.30. The molecule has 2 heterocycles. The average Bonchev–Trinajstić information content (AvgIpc) is 2.51. The molecule has 0 aromatic carbocycles. The molecular weight excluding hydrogens is 260 g/mol. The molecule has 1 aliphatic heterocycles.